The number of hydrogen-bond acceptors (Lipinski definition) is 8. The zero-order valence-corrected chi connectivity index (χ0v) is 22.2. The molecule has 1 fully saturated rings. The molecule has 40 heavy (non-hydrogen) atoms. The van der Waals surface area contributed by atoms with Gasteiger partial charge in [0.15, 0.2) is 0 Å². The van der Waals surface area contributed by atoms with Crippen LogP contribution in [-0.4, -0.2) is 54.6 Å². The fraction of sp³-hybridized carbons (Fsp3) is 0.200. The van der Waals surface area contributed by atoms with E-state index >= 15 is 0 Å². The fourth-order valence-corrected chi connectivity index (χ4v) is 5.08. The van der Waals surface area contributed by atoms with Gasteiger partial charge in [0, 0.05) is 49.5 Å². The van der Waals surface area contributed by atoms with Crippen molar-refractivity contribution in [3.8, 4) is 5.75 Å². The third-order valence-corrected chi connectivity index (χ3v) is 7.10. The van der Waals surface area contributed by atoms with Gasteiger partial charge in [-0.25, -0.2) is 4.98 Å². The maximum Gasteiger partial charge on any atom is 0.253 e. The summed E-state index contributed by atoms with van der Waals surface area (Å²) in [5.74, 6) is 1.13. The summed E-state index contributed by atoms with van der Waals surface area (Å²) in [4.78, 5) is 38.1. The minimum Gasteiger partial charge on any atom is -0.489 e. The quantitative estimate of drug-likeness (QED) is 0.336. The summed E-state index contributed by atoms with van der Waals surface area (Å²) in [6.07, 6.45) is 5.27. The maximum atomic E-state index is 13.2. The molecule has 10 nitrogen and oxygen atoms in total. The van der Waals surface area contributed by atoms with Crippen LogP contribution in [0.1, 0.15) is 15.9 Å². The first-order chi connectivity index (χ1) is 19.5. The molecule has 0 bridgehead atoms. The Morgan fingerprint density at radius 3 is 2.73 bits per heavy atom. The van der Waals surface area contributed by atoms with E-state index in [-0.39, 0.29) is 24.4 Å². The number of para-hydroxylation sites is 1. The number of rotatable bonds is 6. The minimum atomic E-state index is -0.165. The molecule has 0 radical (unpaired) electrons. The lowest BCUT2D eigenvalue weighted by Crippen LogP contribution is -2.60. The van der Waals surface area contributed by atoms with E-state index in [4.69, 9.17) is 4.74 Å². The number of hydrogen-bond donors (Lipinski definition) is 3. The maximum absolute atomic E-state index is 13.2. The zero-order valence-electron chi connectivity index (χ0n) is 22.2. The van der Waals surface area contributed by atoms with Crippen molar-refractivity contribution in [1.29, 1.82) is 0 Å². The van der Waals surface area contributed by atoms with Gasteiger partial charge in [-0.2, -0.15) is 0 Å². The number of pyridine rings is 2. The lowest BCUT2D eigenvalue weighted by atomic mass is 10.1. The number of ether oxygens (including phenoxy) is 1. The zero-order chi connectivity index (χ0) is 27.6. The van der Waals surface area contributed by atoms with Crippen molar-refractivity contribution in [2.75, 3.05) is 47.2 Å². The Morgan fingerprint density at radius 1 is 1.02 bits per heavy atom. The first-order valence-corrected chi connectivity index (χ1v) is 13.1. The lowest BCUT2D eigenvalue weighted by Gasteiger charge is -2.44. The summed E-state index contributed by atoms with van der Waals surface area (Å²) in [6.45, 7) is 3.31. The molecule has 1 saturated heterocycles. The normalized spacial score (nSPS) is 15.9. The summed E-state index contributed by atoms with van der Waals surface area (Å²) in [5.41, 5.74) is 5.49. The van der Waals surface area contributed by atoms with Gasteiger partial charge >= 0.3 is 0 Å². The molecule has 2 aromatic heterocycles. The van der Waals surface area contributed by atoms with Crippen LogP contribution < -0.4 is 30.5 Å². The Hall–Kier alpha value is -5.12. The van der Waals surface area contributed by atoms with E-state index in [1.54, 1.807) is 31.7 Å². The van der Waals surface area contributed by atoms with Gasteiger partial charge in [-0.1, -0.05) is 12.1 Å². The monoisotopic (exact) mass is 535 g/mol. The highest BCUT2D eigenvalue weighted by Gasteiger charge is 2.38. The summed E-state index contributed by atoms with van der Waals surface area (Å²) in [5, 5.41) is 9.38. The number of piperazine rings is 1. The van der Waals surface area contributed by atoms with E-state index in [1.165, 1.54) is 0 Å². The second-order valence-electron chi connectivity index (χ2n) is 9.76. The molecule has 2 aromatic carbocycles. The topological polar surface area (TPSA) is 112 Å². The van der Waals surface area contributed by atoms with E-state index in [2.05, 4.69) is 25.9 Å². The third-order valence-electron chi connectivity index (χ3n) is 7.10. The molecular weight excluding hydrogens is 506 g/mol. The van der Waals surface area contributed by atoms with Crippen molar-refractivity contribution in [2.45, 2.75) is 13.0 Å². The Bertz CT molecular complexity index is 1580. The van der Waals surface area contributed by atoms with Crippen molar-refractivity contribution in [3.63, 3.8) is 0 Å². The molecule has 10 heteroatoms. The number of aromatic nitrogens is 2. The van der Waals surface area contributed by atoms with Gasteiger partial charge in [-0.05, 0) is 48.9 Å². The summed E-state index contributed by atoms with van der Waals surface area (Å²) in [7, 11) is 1.61. The average Bonchev–Trinajstić information content (AvgIpc) is 2.99. The number of carbonyl (C=O) groups is 2. The van der Waals surface area contributed by atoms with Gasteiger partial charge < -0.3 is 25.6 Å². The molecule has 0 aliphatic carbocycles. The number of amides is 2. The van der Waals surface area contributed by atoms with Crippen LogP contribution >= 0.6 is 0 Å². The van der Waals surface area contributed by atoms with Crippen LogP contribution in [0.2, 0.25) is 0 Å². The fourth-order valence-electron chi connectivity index (χ4n) is 5.08. The van der Waals surface area contributed by atoms with Crippen molar-refractivity contribution in [3.05, 3.63) is 90.4 Å². The van der Waals surface area contributed by atoms with Gasteiger partial charge in [0.25, 0.3) is 5.91 Å². The number of benzene rings is 2. The van der Waals surface area contributed by atoms with Crippen LogP contribution in [0.4, 0.5) is 34.3 Å². The molecule has 2 aliphatic heterocycles. The Morgan fingerprint density at radius 2 is 1.90 bits per heavy atom. The highest BCUT2D eigenvalue weighted by Crippen LogP contribution is 2.39. The predicted octanol–water partition coefficient (Wildman–Crippen LogP) is 4.25. The Labute approximate surface area is 232 Å². The van der Waals surface area contributed by atoms with Crippen LogP contribution in [0, 0.1) is 6.92 Å². The summed E-state index contributed by atoms with van der Waals surface area (Å²) < 4.78 is 6.13. The van der Waals surface area contributed by atoms with Crippen LogP contribution in [0.5, 0.6) is 5.75 Å². The van der Waals surface area contributed by atoms with Crippen LogP contribution in [0.15, 0.2) is 79.3 Å². The summed E-state index contributed by atoms with van der Waals surface area (Å²) in [6, 6.07) is 18.7. The molecule has 202 valence electrons. The Balaban J connectivity index is 1.20. The summed E-state index contributed by atoms with van der Waals surface area (Å²) >= 11 is 0. The first-order valence-electron chi connectivity index (χ1n) is 13.1. The minimum absolute atomic E-state index is 0.0262. The molecule has 6 rings (SSSR count). The van der Waals surface area contributed by atoms with Gasteiger partial charge in [0.1, 0.15) is 18.2 Å². The number of nitrogens with one attached hydrogen (secondary N) is 3. The molecule has 3 N–H and O–H groups in total. The van der Waals surface area contributed by atoms with Crippen LogP contribution in [-0.2, 0) is 4.79 Å². The number of carbonyl (C=O) groups excluding carboxylic acids is 2. The average molecular weight is 536 g/mol. The van der Waals surface area contributed by atoms with Gasteiger partial charge in [0.2, 0.25) is 5.91 Å². The highest BCUT2D eigenvalue weighted by molar-refractivity contribution is 6.01. The SMILES string of the molecule is CNC(=O)c1ccccc1Nc1cc(Nc2ccc3c(c2)OCC2CN(c4cccnc4)CC(=O)N32)ncc1C. The van der Waals surface area contributed by atoms with Gasteiger partial charge in [0.05, 0.1) is 41.4 Å². The molecule has 1 unspecified atom stereocenters. The number of aryl methyl sites for hydroxylation is 1. The number of anilines is 6. The molecule has 4 heterocycles. The molecule has 2 aliphatic rings. The van der Waals surface area contributed by atoms with Gasteiger partial charge in [-0.15, -0.1) is 0 Å². The van der Waals surface area contributed by atoms with Crippen molar-refractivity contribution in [2.24, 2.45) is 0 Å². The molecule has 4 aromatic rings. The highest BCUT2D eigenvalue weighted by atomic mass is 16.5. The van der Waals surface area contributed by atoms with Crippen LogP contribution in [0.25, 0.3) is 0 Å². The number of fused-ring (bicyclic) bond motifs is 3. The second kappa shape index (κ2) is 10.6. The predicted molar refractivity (Wildman–Crippen MR) is 155 cm³/mol. The van der Waals surface area contributed by atoms with E-state index < -0.39 is 0 Å². The molecule has 0 saturated carbocycles. The van der Waals surface area contributed by atoms with Gasteiger partial charge in [-0.3, -0.25) is 19.5 Å². The third kappa shape index (κ3) is 4.86. The van der Waals surface area contributed by atoms with Crippen LogP contribution in [0.3, 0.4) is 0 Å². The second-order valence-corrected chi connectivity index (χ2v) is 9.76. The van der Waals surface area contributed by atoms with Crippen molar-refractivity contribution in [1.82, 2.24) is 15.3 Å². The smallest absolute Gasteiger partial charge is 0.253 e. The van der Waals surface area contributed by atoms with Crippen molar-refractivity contribution >= 4 is 46.1 Å². The Kier molecular flexibility index (Phi) is 6.65. The van der Waals surface area contributed by atoms with E-state index in [0.29, 0.717) is 36.0 Å². The van der Waals surface area contributed by atoms with E-state index in [9.17, 15) is 9.59 Å². The molecule has 1 atom stereocenters. The lowest BCUT2D eigenvalue weighted by molar-refractivity contribution is -0.119. The largest absolute Gasteiger partial charge is 0.489 e. The first kappa shape index (κ1) is 25.2. The molecule has 2 amide bonds. The molecule has 0 spiro atoms. The molecular formula is C30H29N7O3. The number of nitrogens with zero attached hydrogens (tertiary/aromatic N) is 4. The van der Waals surface area contributed by atoms with E-state index in [1.807, 2.05) is 71.3 Å². The van der Waals surface area contributed by atoms with E-state index in [0.717, 1.165) is 28.3 Å². The van der Waals surface area contributed by atoms with Crippen molar-refractivity contribution < 1.29 is 14.3 Å². The standard InChI is InChI=1S/C30H29N7O3/c1-19-14-33-28(13-25(19)35-24-8-4-3-7-23(24)30(39)31-2)34-20-9-10-26-27(12-20)40-18-22-16-36(17-29(38)37(22)26)21-6-5-11-32-15-21/h3-15,22H,16-18H2,1-2H3,(H,31,39)(H2,33,34,35).